The molecule has 1 nitrogen and oxygen atoms in total. The lowest BCUT2D eigenvalue weighted by atomic mass is 9.82. The van der Waals surface area contributed by atoms with Crippen LogP contribution >= 0.6 is 0 Å². The molecule has 0 aliphatic carbocycles. The molecule has 130 valence electrons. The van der Waals surface area contributed by atoms with Crippen LogP contribution in [0.5, 0.6) is 0 Å². The van der Waals surface area contributed by atoms with Crippen LogP contribution in [-0.2, 0) is 6.42 Å². The van der Waals surface area contributed by atoms with Crippen molar-refractivity contribution in [3.63, 3.8) is 0 Å². The molecular formula is C22H37N. The molecule has 0 saturated carbocycles. The van der Waals surface area contributed by atoms with Gasteiger partial charge in [0.2, 0.25) is 0 Å². The summed E-state index contributed by atoms with van der Waals surface area (Å²) in [7, 11) is 0. The van der Waals surface area contributed by atoms with Crippen molar-refractivity contribution in [3.8, 4) is 0 Å². The van der Waals surface area contributed by atoms with Crippen molar-refractivity contribution in [2.45, 2.75) is 90.0 Å². The lowest BCUT2D eigenvalue weighted by molar-refractivity contribution is 0.333. The first-order valence-corrected chi connectivity index (χ1v) is 9.64. The molecule has 0 atom stereocenters. The van der Waals surface area contributed by atoms with Gasteiger partial charge in [-0.3, -0.25) is 0 Å². The molecule has 23 heavy (non-hydrogen) atoms. The zero-order valence-corrected chi connectivity index (χ0v) is 15.4. The van der Waals surface area contributed by atoms with Gasteiger partial charge in [-0.1, -0.05) is 102 Å². The van der Waals surface area contributed by atoms with Gasteiger partial charge >= 0.3 is 0 Å². The third-order valence-corrected chi connectivity index (χ3v) is 4.83. The van der Waals surface area contributed by atoms with Gasteiger partial charge in [0.1, 0.15) is 0 Å². The highest BCUT2D eigenvalue weighted by Crippen LogP contribution is 2.25. The van der Waals surface area contributed by atoms with Crippen LogP contribution in [0.2, 0.25) is 0 Å². The average molecular weight is 316 g/mol. The van der Waals surface area contributed by atoms with Crippen molar-refractivity contribution in [2.75, 3.05) is 0 Å². The second-order valence-corrected chi connectivity index (χ2v) is 7.11. The Kier molecular flexibility index (Phi) is 9.94. The summed E-state index contributed by atoms with van der Waals surface area (Å²) in [6.45, 7) is 8.36. The minimum atomic E-state index is -0.0306. The van der Waals surface area contributed by atoms with Crippen molar-refractivity contribution in [1.29, 1.82) is 0 Å². The minimum Gasteiger partial charge on any atom is -0.325 e. The highest BCUT2D eigenvalue weighted by molar-refractivity contribution is 5.47. The fraction of sp³-hybridized carbons (Fsp3) is 0.636. The molecular weight excluding hydrogens is 278 g/mol. The van der Waals surface area contributed by atoms with Crippen LogP contribution in [0.3, 0.4) is 0 Å². The summed E-state index contributed by atoms with van der Waals surface area (Å²) in [6, 6.07) is 8.74. The second kappa shape index (κ2) is 11.5. The van der Waals surface area contributed by atoms with E-state index in [0.717, 1.165) is 19.3 Å². The van der Waals surface area contributed by atoms with Crippen LogP contribution in [0, 0.1) is 0 Å². The molecule has 1 aromatic carbocycles. The normalized spacial score (nSPS) is 11.6. The molecule has 1 heteroatoms. The molecule has 0 amide bonds. The highest BCUT2D eigenvalue weighted by Gasteiger charge is 2.24. The monoisotopic (exact) mass is 315 g/mol. The Hall–Kier alpha value is -1.08. The molecule has 0 aromatic heterocycles. The van der Waals surface area contributed by atoms with E-state index in [1.54, 1.807) is 0 Å². The average Bonchev–Trinajstić information content (AvgIpc) is 2.57. The van der Waals surface area contributed by atoms with Crippen LogP contribution in [0.15, 0.2) is 30.8 Å². The van der Waals surface area contributed by atoms with E-state index in [2.05, 4.69) is 44.7 Å². The predicted molar refractivity (Wildman–Crippen MR) is 105 cm³/mol. The number of hydrogen-bond donors (Lipinski definition) is 1. The second-order valence-electron chi connectivity index (χ2n) is 7.11. The largest absolute Gasteiger partial charge is 0.325 e. The van der Waals surface area contributed by atoms with E-state index < -0.39 is 0 Å². The Morgan fingerprint density at radius 1 is 0.870 bits per heavy atom. The quantitative estimate of drug-likeness (QED) is 0.412. The fourth-order valence-electron chi connectivity index (χ4n) is 3.29. The van der Waals surface area contributed by atoms with E-state index in [4.69, 9.17) is 5.73 Å². The first kappa shape index (κ1) is 20.0. The maximum atomic E-state index is 6.84. The van der Waals surface area contributed by atoms with Crippen LogP contribution in [0.1, 0.15) is 89.2 Å². The lowest BCUT2D eigenvalue weighted by Crippen LogP contribution is -2.42. The fourth-order valence-corrected chi connectivity index (χ4v) is 3.29. The zero-order valence-electron chi connectivity index (χ0n) is 15.4. The van der Waals surface area contributed by atoms with E-state index in [0.29, 0.717) is 0 Å². The van der Waals surface area contributed by atoms with Crippen molar-refractivity contribution in [1.82, 2.24) is 0 Å². The maximum absolute atomic E-state index is 6.84. The third-order valence-electron chi connectivity index (χ3n) is 4.83. The summed E-state index contributed by atoms with van der Waals surface area (Å²) in [6.07, 6.45) is 15.6. The molecule has 1 aromatic rings. The van der Waals surface area contributed by atoms with Crippen LogP contribution in [-0.4, -0.2) is 5.54 Å². The van der Waals surface area contributed by atoms with Crippen molar-refractivity contribution < 1.29 is 0 Å². The number of hydrogen-bond acceptors (Lipinski definition) is 1. The number of unbranched alkanes of at least 4 members (excludes halogenated alkanes) is 6. The topological polar surface area (TPSA) is 26.0 Å². The Balaban J connectivity index is 2.61. The summed E-state index contributed by atoms with van der Waals surface area (Å²) >= 11 is 0. The number of nitrogens with two attached hydrogens (primary N) is 1. The Morgan fingerprint density at radius 2 is 1.39 bits per heavy atom. The Morgan fingerprint density at radius 3 is 1.83 bits per heavy atom. The summed E-state index contributed by atoms with van der Waals surface area (Å²) in [5.74, 6) is 0. The standard InChI is InChI=1S/C22H37N/c1-4-7-9-11-17-22(23,18-12-10-8-5-2)19-21-15-13-20(6-3)14-16-21/h6,13-16H,3-5,7-12,17-19,23H2,1-2H3. The first-order chi connectivity index (χ1) is 11.1. The number of benzene rings is 1. The van der Waals surface area contributed by atoms with E-state index in [-0.39, 0.29) is 5.54 Å². The van der Waals surface area contributed by atoms with Crippen molar-refractivity contribution >= 4 is 6.08 Å². The van der Waals surface area contributed by atoms with Crippen molar-refractivity contribution in [3.05, 3.63) is 42.0 Å². The molecule has 0 unspecified atom stereocenters. The minimum absolute atomic E-state index is 0.0306. The van der Waals surface area contributed by atoms with E-state index in [1.165, 1.54) is 62.5 Å². The van der Waals surface area contributed by atoms with Gasteiger partial charge < -0.3 is 5.73 Å². The zero-order chi connectivity index (χ0) is 17.0. The van der Waals surface area contributed by atoms with Gasteiger partial charge in [-0.2, -0.15) is 0 Å². The molecule has 0 heterocycles. The van der Waals surface area contributed by atoms with E-state index >= 15 is 0 Å². The van der Waals surface area contributed by atoms with E-state index in [1.807, 2.05) is 6.08 Å². The molecule has 2 N–H and O–H groups in total. The van der Waals surface area contributed by atoms with Gasteiger partial charge in [0.05, 0.1) is 0 Å². The summed E-state index contributed by atoms with van der Waals surface area (Å²) in [5, 5.41) is 0. The SMILES string of the molecule is C=Cc1ccc(CC(N)(CCCCCC)CCCCCC)cc1. The van der Waals surface area contributed by atoms with Crippen molar-refractivity contribution in [2.24, 2.45) is 5.73 Å². The smallest absolute Gasteiger partial charge is 0.0195 e. The number of rotatable bonds is 13. The van der Waals surface area contributed by atoms with Crippen LogP contribution in [0.4, 0.5) is 0 Å². The molecule has 1 rings (SSSR count). The molecule has 0 aliphatic heterocycles. The summed E-state index contributed by atoms with van der Waals surface area (Å²) < 4.78 is 0. The molecule has 0 spiro atoms. The van der Waals surface area contributed by atoms with Gasteiger partial charge in [-0.25, -0.2) is 0 Å². The molecule has 0 aliphatic rings. The third kappa shape index (κ3) is 8.37. The van der Waals surface area contributed by atoms with Gasteiger partial charge in [0, 0.05) is 5.54 Å². The molecule has 0 bridgehead atoms. The molecule has 0 fully saturated rings. The Bertz CT molecular complexity index is 406. The summed E-state index contributed by atoms with van der Waals surface area (Å²) in [5.41, 5.74) is 9.36. The predicted octanol–water partition coefficient (Wildman–Crippen LogP) is 6.51. The van der Waals surface area contributed by atoms with Crippen LogP contribution < -0.4 is 5.73 Å². The highest BCUT2D eigenvalue weighted by atomic mass is 14.7. The van der Waals surface area contributed by atoms with Gasteiger partial charge in [-0.05, 0) is 30.4 Å². The first-order valence-electron chi connectivity index (χ1n) is 9.64. The van der Waals surface area contributed by atoms with Gasteiger partial charge in [0.15, 0.2) is 0 Å². The maximum Gasteiger partial charge on any atom is 0.0195 e. The van der Waals surface area contributed by atoms with Gasteiger partial charge in [0.25, 0.3) is 0 Å². The molecule has 0 saturated heterocycles. The lowest BCUT2D eigenvalue weighted by Gasteiger charge is -2.30. The summed E-state index contributed by atoms with van der Waals surface area (Å²) in [4.78, 5) is 0. The Labute approximate surface area is 144 Å². The van der Waals surface area contributed by atoms with Crippen LogP contribution in [0.25, 0.3) is 6.08 Å². The molecule has 0 radical (unpaired) electrons. The van der Waals surface area contributed by atoms with E-state index in [9.17, 15) is 0 Å². The van der Waals surface area contributed by atoms with Gasteiger partial charge in [-0.15, -0.1) is 0 Å².